The Labute approximate surface area is 145 Å². The summed E-state index contributed by atoms with van der Waals surface area (Å²) in [5.74, 6) is 0.952. The maximum Gasteiger partial charge on any atom is 0.256 e. The molecule has 0 atom stereocenters. The van der Waals surface area contributed by atoms with Gasteiger partial charge >= 0.3 is 0 Å². The first-order valence-corrected chi connectivity index (χ1v) is 8.60. The summed E-state index contributed by atoms with van der Waals surface area (Å²) in [6.07, 6.45) is 1.50. The van der Waals surface area contributed by atoms with Gasteiger partial charge in [0.05, 0.1) is 17.8 Å². The number of nitrogens with zero attached hydrogens (tertiary/aromatic N) is 2. The first-order valence-electron chi connectivity index (χ1n) is 8.07. The fourth-order valence-electron chi connectivity index (χ4n) is 2.91. The lowest BCUT2D eigenvalue weighted by molar-refractivity contribution is -0.131. The number of hydrogen-bond acceptors (Lipinski definition) is 3. The third-order valence-corrected chi connectivity index (χ3v) is 4.46. The Hall–Kier alpha value is -2.14. The smallest absolute Gasteiger partial charge is 0.256 e. The largest absolute Gasteiger partial charge is 0.338 e. The van der Waals surface area contributed by atoms with Crippen LogP contribution in [-0.2, 0) is 24.2 Å². The van der Waals surface area contributed by atoms with E-state index in [1.54, 1.807) is 4.90 Å². The number of carbonyl (C=O) groups excluding carboxylic acids is 1. The number of fused-ring (bicyclic) bond motifs is 1. The predicted molar refractivity (Wildman–Crippen MR) is 93.3 cm³/mol. The molecule has 0 unspecified atom stereocenters. The zero-order valence-electron chi connectivity index (χ0n) is 13.6. The van der Waals surface area contributed by atoms with E-state index in [1.165, 1.54) is 5.56 Å². The molecule has 126 valence electrons. The summed E-state index contributed by atoms with van der Waals surface area (Å²) in [5, 5.41) is 0. The van der Waals surface area contributed by atoms with E-state index in [9.17, 15) is 9.59 Å². The van der Waals surface area contributed by atoms with Crippen LogP contribution in [0.15, 0.2) is 29.1 Å². The Morgan fingerprint density at radius 1 is 1.33 bits per heavy atom. The molecular weight excluding hydrogens is 326 g/mol. The van der Waals surface area contributed by atoms with Crippen molar-refractivity contribution in [2.24, 2.45) is 0 Å². The Balaban J connectivity index is 1.80. The van der Waals surface area contributed by atoms with Gasteiger partial charge in [-0.25, -0.2) is 4.98 Å². The van der Waals surface area contributed by atoms with Crippen LogP contribution in [0, 0.1) is 6.92 Å². The molecule has 1 aliphatic rings. The number of benzene rings is 1. The Kier molecular flexibility index (Phi) is 5.00. The second-order valence-electron chi connectivity index (χ2n) is 6.10. The van der Waals surface area contributed by atoms with Crippen molar-refractivity contribution in [3.63, 3.8) is 0 Å². The lowest BCUT2D eigenvalue weighted by Gasteiger charge is -2.27. The van der Waals surface area contributed by atoms with E-state index in [4.69, 9.17) is 11.6 Å². The Bertz CT molecular complexity index is 799. The van der Waals surface area contributed by atoms with Crippen LogP contribution in [-0.4, -0.2) is 33.2 Å². The zero-order chi connectivity index (χ0) is 17.1. The molecule has 1 aromatic heterocycles. The van der Waals surface area contributed by atoms with Crippen LogP contribution in [0.25, 0.3) is 0 Å². The van der Waals surface area contributed by atoms with Gasteiger partial charge in [-0.15, -0.1) is 11.6 Å². The number of aromatic nitrogens is 2. The minimum Gasteiger partial charge on any atom is -0.338 e. The van der Waals surface area contributed by atoms with Gasteiger partial charge in [0.15, 0.2) is 0 Å². The van der Waals surface area contributed by atoms with Crippen molar-refractivity contribution in [2.75, 3.05) is 12.4 Å². The van der Waals surface area contributed by atoms with Gasteiger partial charge in [-0.1, -0.05) is 29.8 Å². The van der Waals surface area contributed by atoms with Crippen molar-refractivity contribution in [1.29, 1.82) is 0 Å². The third-order valence-electron chi connectivity index (χ3n) is 4.27. The number of nitrogens with one attached hydrogen (secondary N) is 1. The molecule has 0 saturated heterocycles. The number of amides is 1. The number of carbonyl (C=O) groups is 1. The van der Waals surface area contributed by atoms with Gasteiger partial charge in [-0.05, 0) is 12.5 Å². The average molecular weight is 346 g/mol. The molecular formula is C18H20ClN3O2. The van der Waals surface area contributed by atoms with E-state index < -0.39 is 0 Å². The van der Waals surface area contributed by atoms with E-state index in [1.807, 2.05) is 31.2 Å². The fraction of sp³-hybridized carbons (Fsp3) is 0.389. The van der Waals surface area contributed by atoms with Crippen LogP contribution < -0.4 is 5.56 Å². The van der Waals surface area contributed by atoms with E-state index in [0.29, 0.717) is 49.6 Å². The van der Waals surface area contributed by atoms with Crippen molar-refractivity contribution in [3.05, 3.63) is 62.8 Å². The van der Waals surface area contributed by atoms with Crippen molar-refractivity contribution in [1.82, 2.24) is 14.9 Å². The lowest BCUT2D eigenvalue weighted by Crippen LogP contribution is -2.39. The highest BCUT2D eigenvalue weighted by Crippen LogP contribution is 2.16. The molecule has 1 amide bonds. The van der Waals surface area contributed by atoms with E-state index >= 15 is 0 Å². The van der Waals surface area contributed by atoms with Crippen LogP contribution in [0.2, 0.25) is 0 Å². The highest BCUT2D eigenvalue weighted by Gasteiger charge is 2.24. The molecule has 3 rings (SSSR count). The van der Waals surface area contributed by atoms with Gasteiger partial charge in [0.1, 0.15) is 5.82 Å². The Morgan fingerprint density at radius 2 is 2.08 bits per heavy atom. The van der Waals surface area contributed by atoms with Crippen molar-refractivity contribution in [2.45, 2.75) is 32.7 Å². The van der Waals surface area contributed by atoms with Crippen LogP contribution in [0.1, 0.15) is 34.6 Å². The van der Waals surface area contributed by atoms with Gasteiger partial charge in [0, 0.05) is 31.7 Å². The Morgan fingerprint density at radius 3 is 2.79 bits per heavy atom. The van der Waals surface area contributed by atoms with Crippen LogP contribution in [0.4, 0.5) is 0 Å². The van der Waals surface area contributed by atoms with E-state index in [2.05, 4.69) is 9.97 Å². The summed E-state index contributed by atoms with van der Waals surface area (Å²) in [4.78, 5) is 33.5. The molecule has 0 radical (unpaired) electrons. The first kappa shape index (κ1) is 16.7. The molecule has 1 N–H and O–H groups in total. The normalized spacial score (nSPS) is 13.7. The first-order chi connectivity index (χ1) is 11.6. The van der Waals surface area contributed by atoms with Gasteiger partial charge in [0.25, 0.3) is 5.56 Å². The molecule has 24 heavy (non-hydrogen) atoms. The number of hydrogen-bond donors (Lipinski definition) is 1. The fourth-order valence-corrected chi connectivity index (χ4v) is 3.07. The molecule has 0 bridgehead atoms. The van der Waals surface area contributed by atoms with E-state index in [-0.39, 0.29) is 11.5 Å². The van der Waals surface area contributed by atoms with E-state index in [0.717, 1.165) is 11.3 Å². The molecule has 0 aliphatic carbocycles. The maximum absolute atomic E-state index is 12.4. The molecule has 5 nitrogen and oxygen atoms in total. The molecule has 2 heterocycles. The molecule has 6 heteroatoms. The second kappa shape index (κ2) is 7.18. The molecule has 0 fully saturated rings. The topological polar surface area (TPSA) is 66.1 Å². The summed E-state index contributed by atoms with van der Waals surface area (Å²) >= 11 is 5.63. The molecule has 2 aromatic rings. The SMILES string of the molecule is Cc1ccc(Cc2nc3c(c(=O)[nH]2)CN(C(=O)CCCl)CC3)cc1. The maximum atomic E-state index is 12.4. The third kappa shape index (κ3) is 3.67. The van der Waals surface area contributed by atoms with Crippen LogP contribution in [0.5, 0.6) is 0 Å². The quantitative estimate of drug-likeness (QED) is 0.864. The summed E-state index contributed by atoms with van der Waals surface area (Å²) < 4.78 is 0. The minimum absolute atomic E-state index is 0.0150. The van der Waals surface area contributed by atoms with Crippen molar-refractivity contribution < 1.29 is 4.79 Å². The second-order valence-corrected chi connectivity index (χ2v) is 6.48. The summed E-state index contributed by atoms with van der Waals surface area (Å²) in [6, 6.07) is 8.18. The summed E-state index contributed by atoms with van der Waals surface area (Å²) in [6.45, 7) is 2.95. The van der Waals surface area contributed by atoms with Crippen molar-refractivity contribution in [3.8, 4) is 0 Å². The number of aryl methyl sites for hydroxylation is 1. The molecule has 0 saturated carbocycles. The molecule has 1 aromatic carbocycles. The number of alkyl halides is 1. The number of aromatic amines is 1. The summed E-state index contributed by atoms with van der Waals surface area (Å²) in [5.41, 5.74) is 3.56. The van der Waals surface area contributed by atoms with Crippen molar-refractivity contribution >= 4 is 17.5 Å². The van der Waals surface area contributed by atoms with Gasteiger partial charge in [0.2, 0.25) is 5.91 Å². The van der Waals surface area contributed by atoms with Crippen LogP contribution in [0.3, 0.4) is 0 Å². The van der Waals surface area contributed by atoms with Gasteiger partial charge < -0.3 is 9.88 Å². The van der Waals surface area contributed by atoms with Gasteiger partial charge in [-0.2, -0.15) is 0 Å². The number of H-pyrrole nitrogens is 1. The average Bonchev–Trinajstić information content (AvgIpc) is 2.57. The highest BCUT2D eigenvalue weighted by molar-refractivity contribution is 6.18. The highest BCUT2D eigenvalue weighted by atomic mass is 35.5. The number of halogens is 1. The lowest BCUT2D eigenvalue weighted by atomic mass is 10.1. The summed E-state index contributed by atoms with van der Waals surface area (Å²) in [7, 11) is 0. The molecule has 1 aliphatic heterocycles. The monoisotopic (exact) mass is 345 g/mol. The molecule has 0 spiro atoms. The standard InChI is InChI=1S/C18H20ClN3O2/c1-12-2-4-13(5-3-12)10-16-20-15-7-9-22(17(23)6-8-19)11-14(15)18(24)21-16/h2-5H,6-11H2,1H3,(H,20,21,24). The van der Waals surface area contributed by atoms with Crippen LogP contribution >= 0.6 is 11.6 Å². The predicted octanol–water partition coefficient (Wildman–Crippen LogP) is 2.18. The zero-order valence-corrected chi connectivity index (χ0v) is 14.4. The number of rotatable bonds is 4. The minimum atomic E-state index is -0.148. The van der Waals surface area contributed by atoms with Gasteiger partial charge in [-0.3, -0.25) is 9.59 Å².